The molecule has 4 nitrogen and oxygen atoms in total. The summed E-state index contributed by atoms with van der Waals surface area (Å²) in [7, 11) is 0. The maximum absolute atomic E-state index is 11.5. The van der Waals surface area contributed by atoms with Gasteiger partial charge in [0.05, 0.1) is 6.04 Å². The number of nitrogens with two attached hydrogens (primary N) is 1. The molecule has 5 heteroatoms. The van der Waals surface area contributed by atoms with Gasteiger partial charge in [0, 0.05) is 24.4 Å². The van der Waals surface area contributed by atoms with E-state index in [1.165, 1.54) is 17.7 Å². The molecule has 18 heavy (non-hydrogen) atoms. The van der Waals surface area contributed by atoms with Gasteiger partial charge in [-0.3, -0.25) is 9.69 Å². The normalized spacial score (nSPS) is 17.8. The van der Waals surface area contributed by atoms with Gasteiger partial charge in [-0.25, -0.2) is 0 Å². The number of hydrogen-bond donors (Lipinski definition) is 2. The van der Waals surface area contributed by atoms with Crippen LogP contribution >= 0.6 is 11.3 Å². The molecule has 0 aliphatic carbocycles. The molecule has 2 heterocycles. The van der Waals surface area contributed by atoms with Gasteiger partial charge in [-0.05, 0) is 37.4 Å². The van der Waals surface area contributed by atoms with Crippen molar-refractivity contribution >= 4 is 17.2 Å². The number of thiophene rings is 1. The zero-order chi connectivity index (χ0) is 12.8. The molecule has 0 saturated carbocycles. The first-order chi connectivity index (χ1) is 8.81. The molecule has 1 aromatic rings. The number of carbonyl (C=O) groups is 1. The molecule has 1 atom stereocenters. The summed E-state index contributed by atoms with van der Waals surface area (Å²) in [5.41, 5.74) is 5.38. The lowest BCUT2D eigenvalue weighted by Crippen LogP contribution is -2.36. The third-order valence-corrected chi connectivity index (χ3v) is 4.29. The highest BCUT2D eigenvalue weighted by Gasteiger charge is 2.24. The van der Waals surface area contributed by atoms with Gasteiger partial charge in [-0.2, -0.15) is 0 Å². The number of nitrogens with zero attached hydrogens (tertiary/aromatic N) is 1. The van der Waals surface area contributed by atoms with Gasteiger partial charge in [-0.15, -0.1) is 11.3 Å². The lowest BCUT2D eigenvalue weighted by molar-refractivity contribution is -0.121. The lowest BCUT2D eigenvalue weighted by Gasteiger charge is -2.26. The van der Waals surface area contributed by atoms with E-state index in [1.807, 2.05) is 0 Å². The van der Waals surface area contributed by atoms with Gasteiger partial charge in [0.25, 0.3) is 0 Å². The molecule has 0 radical (unpaired) electrons. The molecule has 1 aromatic heterocycles. The van der Waals surface area contributed by atoms with Crippen LogP contribution in [0.3, 0.4) is 0 Å². The summed E-state index contributed by atoms with van der Waals surface area (Å²) in [6.07, 6.45) is 2.94. The third kappa shape index (κ3) is 3.54. The molecule has 1 fully saturated rings. The smallest absolute Gasteiger partial charge is 0.221 e. The predicted octanol–water partition coefficient (Wildman–Crippen LogP) is 1.35. The zero-order valence-electron chi connectivity index (χ0n) is 10.6. The zero-order valence-corrected chi connectivity index (χ0v) is 11.4. The monoisotopic (exact) mass is 267 g/mol. The number of rotatable bonds is 6. The molecule has 1 unspecified atom stereocenters. The molecular formula is C13H21N3OS. The first-order valence-corrected chi connectivity index (χ1v) is 7.43. The molecule has 2 rings (SSSR count). The Morgan fingerprint density at radius 3 is 2.89 bits per heavy atom. The summed E-state index contributed by atoms with van der Waals surface area (Å²) in [6, 6.07) is 4.56. The first kappa shape index (κ1) is 13.5. The van der Waals surface area contributed by atoms with Crippen molar-refractivity contribution < 1.29 is 4.79 Å². The number of likely N-dealkylation sites (tertiary alicyclic amines) is 1. The van der Waals surface area contributed by atoms with Crippen molar-refractivity contribution in [1.82, 2.24) is 10.2 Å². The Balaban J connectivity index is 1.94. The average Bonchev–Trinajstić information content (AvgIpc) is 3.02. The molecule has 1 saturated heterocycles. The van der Waals surface area contributed by atoms with Gasteiger partial charge in [-0.1, -0.05) is 6.07 Å². The topological polar surface area (TPSA) is 58.4 Å². The Morgan fingerprint density at radius 2 is 2.28 bits per heavy atom. The summed E-state index contributed by atoms with van der Waals surface area (Å²) in [5.74, 6) is 0.0539. The standard InChI is InChI=1S/C13H21N3OS/c14-6-5-13(17)15-10-11(12-4-3-9-18-12)16-7-1-2-8-16/h3-4,9,11H,1-2,5-8,10,14H2,(H,15,17). The van der Waals surface area contributed by atoms with Crippen molar-refractivity contribution in [2.24, 2.45) is 5.73 Å². The highest BCUT2D eigenvalue weighted by atomic mass is 32.1. The second kappa shape index (κ2) is 6.87. The minimum atomic E-state index is 0.0539. The van der Waals surface area contributed by atoms with Gasteiger partial charge in [0.15, 0.2) is 0 Å². The lowest BCUT2D eigenvalue weighted by atomic mass is 10.2. The molecule has 1 aliphatic heterocycles. The average molecular weight is 267 g/mol. The first-order valence-electron chi connectivity index (χ1n) is 6.55. The number of amides is 1. The van der Waals surface area contributed by atoms with Gasteiger partial charge in [0.1, 0.15) is 0 Å². The van der Waals surface area contributed by atoms with E-state index in [2.05, 4.69) is 27.7 Å². The van der Waals surface area contributed by atoms with Crippen LogP contribution in [0, 0.1) is 0 Å². The highest BCUT2D eigenvalue weighted by molar-refractivity contribution is 7.10. The summed E-state index contributed by atoms with van der Waals surface area (Å²) >= 11 is 1.77. The molecule has 0 aromatic carbocycles. The summed E-state index contributed by atoms with van der Waals surface area (Å²) < 4.78 is 0. The largest absolute Gasteiger partial charge is 0.354 e. The fourth-order valence-electron chi connectivity index (χ4n) is 2.37. The Bertz CT molecular complexity index is 360. The molecule has 100 valence electrons. The molecular weight excluding hydrogens is 246 g/mol. The number of hydrogen-bond acceptors (Lipinski definition) is 4. The minimum Gasteiger partial charge on any atom is -0.354 e. The van der Waals surface area contributed by atoms with Crippen molar-refractivity contribution in [3.63, 3.8) is 0 Å². The molecule has 0 spiro atoms. The Hall–Kier alpha value is -0.910. The van der Waals surface area contributed by atoms with Crippen LogP contribution in [0.4, 0.5) is 0 Å². The van der Waals surface area contributed by atoms with E-state index in [0.717, 1.165) is 13.1 Å². The Kier molecular flexibility index (Phi) is 5.16. The predicted molar refractivity (Wildman–Crippen MR) is 74.5 cm³/mol. The Morgan fingerprint density at radius 1 is 1.50 bits per heavy atom. The van der Waals surface area contributed by atoms with E-state index in [1.54, 1.807) is 11.3 Å². The van der Waals surface area contributed by atoms with Crippen molar-refractivity contribution in [2.45, 2.75) is 25.3 Å². The van der Waals surface area contributed by atoms with Crippen LogP contribution in [0.25, 0.3) is 0 Å². The van der Waals surface area contributed by atoms with E-state index in [9.17, 15) is 4.79 Å². The third-order valence-electron chi connectivity index (χ3n) is 3.32. The summed E-state index contributed by atoms with van der Waals surface area (Å²) in [4.78, 5) is 15.3. The van der Waals surface area contributed by atoms with Crippen LogP contribution < -0.4 is 11.1 Å². The van der Waals surface area contributed by atoms with E-state index < -0.39 is 0 Å². The van der Waals surface area contributed by atoms with Crippen LogP contribution in [0.2, 0.25) is 0 Å². The number of carbonyl (C=O) groups excluding carboxylic acids is 1. The SMILES string of the molecule is NCCC(=O)NCC(c1cccs1)N1CCCC1. The Labute approximate surface area is 112 Å². The minimum absolute atomic E-state index is 0.0539. The summed E-state index contributed by atoms with van der Waals surface area (Å²) in [5, 5.41) is 5.09. The van der Waals surface area contributed by atoms with Crippen LogP contribution in [-0.2, 0) is 4.79 Å². The van der Waals surface area contributed by atoms with Gasteiger partial charge >= 0.3 is 0 Å². The van der Waals surface area contributed by atoms with Crippen molar-refractivity contribution in [3.05, 3.63) is 22.4 Å². The van der Waals surface area contributed by atoms with Crippen LogP contribution in [0.5, 0.6) is 0 Å². The van der Waals surface area contributed by atoms with E-state index in [0.29, 0.717) is 25.6 Å². The summed E-state index contributed by atoms with van der Waals surface area (Å²) in [6.45, 7) is 3.38. The van der Waals surface area contributed by atoms with Crippen LogP contribution in [0.1, 0.15) is 30.2 Å². The van der Waals surface area contributed by atoms with Crippen molar-refractivity contribution in [2.75, 3.05) is 26.2 Å². The quantitative estimate of drug-likeness (QED) is 0.818. The maximum atomic E-state index is 11.5. The van der Waals surface area contributed by atoms with Crippen LogP contribution in [0.15, 0.2) is 17.5 Å². The van der Waals surface area contributed by atoms with Crippen molar-refractivity contribution in [3.8, 4) is 0 Å². The molecule has 0 bridgehead atoms. The second-order valence-corrected chi connectivity index (χ2v) is 5.60. The van der Waals surface area contributed by atoms with Crippen molar-refractivity contribution in [1.29, 1.82) is 0 Å². The van der Waals surface area contributed by atoms with E-state index in [-0.39, 0.29) is 5.91 Å². The maximum Gasteiger partial charge on any atom is 0.221 e. The number of nitrogens with one attached hydrogen (secondary N) is 1. The fourth-order valence-corrected chi connectivity index (χ4v) is 3.23. The highest BCUT2D eigenvalue weighted by Crippen LogP contribution is 2.27. The fraction of sp³-hybridized carbons (Fsp3) is 0.615. The van der Waals surface area contributed by atoms with E-state index in [4.69, 9.17) is 5.73 Å². The second-order valence-electron chi connectivity index (χ2n) is 4.62. The van der Waals surface area contributed by atoms with E-state index >= 15 is 0 Å². The molecule has 1 aliphatic rings. The van der Waals surface area contributed by atoms with Crippen LogP contribution in [-0.4, -0.2) is 37.0 Å². The molecule has 3 N–H and O–H groups in total. The molecule has 1 amide bonds. The van der Waals surface area contributed by atoms with Gasteiger partial charge in [0.2, 0.25) is 5.91 Å². The van der Waals surface area contributed by atoms with Gasteiger partial charge < -0.3 is 11.1 Å².